The second-order valence-electron chi connectivity index (χ2n) is 4.68. The van der Waals surface area contributed by atoms with Crippen molar-refractivity contribution in [3.8, 4) is 0 Å². The highest BCUT2D eigenvalue weighted by Gasteiger charge is 2.44. The molecule has 0 bridgehead atoms. The largest absolute Gasteiger partial charge is 0.480 e. The van der Waals surface area contributed by atoms with Crippen LogP contribution in [-0.4, -0.2) is 21.5 Å². The van der Waals surface area contributed by atoms with Crippen LogP contribution in [0.4, 0.5) is 11.4 Å². The number of aliphatic carboxylic acids is 1. The highest BCUT2D eigenvalue weighted by atomic mass is 16.6. The van der Waals surface area contributed by atoms with Crippen LogP contribution < -0.4 is 5.32 Å². The molecular weight excluding hydrogens is 236 g/mol. The van der Waals surface area contributed by atoms with E-state index in [-0.39, 0.29) is 5.69 Å². The van der Waals surface area contributed by atoms with E-state index in [0.717, 1.165) is 12.0 Å². The average Bonchev–Trinajstić information content (AvgIpc) is 2.22. The molecule has 1 fully saturated rings. The molecule has 0 amide bonds. The lowest BCUT2D eigenvalue weighted by Gasteiger charge is -2.39. The molecular formula is C12H14N2O4. The summed E-state index contributed by atoms with van der Waals surface area (Å²) in [5, 5.41) is 22.9. The first-order valence-corrected chi connectivity index (χ1v) is 5.71. The number of nitrogens with zero attached hydrogens (tertiary/aromatic N) is 1. The molecule has 6 heteroatoms. The number of nitrogens with one attached hydrogen (secondary N) is 1. The Balaban J connectivity index is 2.29. The third kappa shape index (κ3) is 2.13. The number of rotatable bonds is 4. The Morgan fingerprint density at radius 1 is 1.44 bits per heavy atom. The fraction of sp³-hybridized carbons (Fsp3) is 0.417. The number of hydrogen-bond acceptors (Lipinski definition) is 4. The van der Waals surface area contributed by atoms with E-state index in [1.807, 2.05) is 0 Å². The van der Waals surface area contributed by atoms with Crippen molar-refractivity contribution in [2.75, 3.05) is 5.32 Å². The van der Waals surface area contributed by atoms with E-state index in [9.17, 15) is 20.0 Å². The summed E-state index contributed by atoms with van der Waals surface area (Å²) in [6, 6.07) is 4.55. The van der Waals surface area contributed by atoms with Gasteiger partial charge in [0.2, 0.25) is 0 Å². The van der Waals surface area contributed by atoms with Crippen LogP contribution in [0.25, 0.3) is 0 Å². The number of aryl methyl sites for hydroxylation is 1. The zero-order chi connectivity index (χ0) is 13.3. The second kappa shape index (κ2) is 4.29. The topological polar surface area (TPSA) is 92.5 Å². The number of nitro benzene ring substituents is 1. The summed E-state index contributed by atoms with van der Waals surface area (Å²) in [5.41, 5.74) is 0.231. The van der Waals surface area contributed by atoms with Gasteiger partial charge in [0.25, 0.3) is 5.69 Å². The van der Waals surface area contributed by atoms with Gasteiger partial charge in [-0.15, -0.1) is 0 Å². The van der Waals surface area contributed by atoms with E-state index < -0.39 is 16.4 Å². The van der Waals surface area contributed by atoms with Crippen LogP contribution in [0.1, 0.15) is 24.8 Å². The number of carboxylic acids is 1. The molecule has 1 aromatic rings. The number of nitro groups is 1. The zero-order valence-corrected chi connectivity index (χ0v) is 9.97. The zero-order valence-electron chi connectivity index (χ0n) is 9.97. The lowest BCUT2D eigenvalue weighted by molar-refractivity contribution is -0.384. The van der Waals surface area contributed by atoms with Gasteiger partial charge in [-0.2, -0.15) is 0 Å². The Bertz CT molecular complexity index is 509. The first-order valence-electron chi connectivity index (χ1n) is 5.71. The average molecular weight is 250 g/mol. The molecule has 0 aliphatic heterocycles. The number of carboxylic acid groups (broad SMARTS) is 1. The maximum atomic E-state index is 11.2. The quantitative estimate of drug-likeness (QED) is 0.632. The number of benzene rings is 1. The van der Waals surface area contributed by atoms with Gasteiger partial charge in [-0.1, -0.05) is 0 Å². The van der Waals surface area contributed by atoms with Gasteiger partial charge in [-0.05, 0) is 37.8 Å². The molecule has 1 aromatic carbocycles. The highest BCUT2D eigenvalue weighted by molar-refractivity contribution is 5.84. The lowest BCUT2D eigenvalue weighted by atomic mass is 9.76. The fourth-order valence-corrected chi connectivity index (χ4v) is 2.14. The van der Waals surface area contributed by atoms with Crippen LogP contribution in [0.3, 0.4) is 0 Å². The van der Waals surface area contributed by atoms with E-state index in [1.54, 1.807) is 13.0 Å². The van der Waals surface area contributed by atoms with E-state index >= 15 is 0 Å². The number of non-ortho nitro benzene ring substituents is 1. The maximum Gasteiger partial charge on any atom is 0.329 e. The summed E-state index contributed by atoms with van der Waals surface area (Å²) in [4.78, 5) is 21.5. The Morgan fingerprint density at radius 3 is 2.56 bits per heavy atom. The monoisotopic (exact) mass is 250 g/mol. The first-order chi connectivity index (χ1) is 8.43. The Hall–Kier alpha value is -2.11. The van der Waals surface area contributed by atoms with Crippen molar-refractivity contribution in [3.63, 3.8) is 0 Å². The molecule has 1 aliphatic carbocycles. The highest BCUT2D eigenvalue weighted by Crippen LogP contribution is 2.36. The molecule has 0 heterocycles. The molecule has 96 valence electrons. The first kappa shape index (κ1) is 12.3. The summed E-state index contributed by atoms with van der Waals surface area (Å²) in [6.07, 6.45) is 1.95. The minimum absolute atomic E-state index is 0.0302. The van der Waals surface area contributed by atoms with Crippen LogP contribution in [0.5, 0.6) is 0 Å². The minimum Gasteiger partial charge on any atom is -0.480 e. The van der Waals surface area contributed by atoms with E-state index in [4.69, 9.17) is 0 Å². The van der Waals surface area contributed by atoms with Gasteiger partial charge in [0.05, 0.1) is 4.92 Å². The van der Waals surface area contributed by atoms with Crippen LogP contribution in [0.15, 0.2) is 18.2 Å². The fourth-order valence-electron chi connectivity index (χ4n) is 2.14. The molecule has 0 atom stereocenters. The van der Waals surface area contributed by atoms with Crippen LogP contribution in [0, 0.1) is 17.0 Å². The van der Waals surface area contributed by atoms with Crippen LogP contribution in [-0.2, 0) is 4.79 Å². The summed E-state index contributed by atoms with van der Waals surface area (Å²) in [7, 11) is 0. The predicted octanol–water partition coefficient (Wildman–Crippen LogP) is 2.32. The minimum atomic E-state index is -0.957. The smallest absolute Gasteiger partial charge is 0.329 e. The van der Waals surface area contributed by atoms with Crippen molar-refractivity contribution >= 4 is 17.3 Å². The number of hydrogen-bond donors (Lipinski definition) is 2. The number of anilines is 1. The third-order valence-electron chi connectivity index (χ3n) is 3.27. The van der Waals surface area contributed by atoms with Gasteiger partial charge in [0.1, 0.15) is 5.54 Å². The molecule has 2 rings (SSSR count). The normalized spacial score (nSPS) is 16.7. The molecule has 6 nitrogen and oxygen atoms in total. The van der Waals surface area contributed by atoms with E-state index in [2.05, 4.69) is 5.32 Å². The van der Waals surface area contributed by atoms with Crippen molar-refractivity contribution in [1.29, 1.82) is 0 Å². The van der Waals surface area contributed by atoms with Gasteiger partial charge >= 0.3 is 5.97 Å². The standard InChI is InChI=1S/C12H14N2O4/c1-8-5-9(7-10(6-8)14(17)18)13-12(11(15)16)3-2-4-12/h5-7,13H,2-4H2,1H3,(H,15,16). The summed E-state index contributed by atoms with van der Waals surface area (Å²) < 4.78 is 0. The van der Waals surface area contributed by atoms with E-state index in [1.165, 1.54) is 12.1 Å². The Morgan fingerprint density at radius 2 is 2.11 bits per heavy atom. The Kier molecular flexibility index (Phi) is 2.94. The van der Waals surface area contributed by atoms with Crippen molar-refractivity contribution < 1.29 is 14.8 Å². The molecule has 1 saturated carbocycles. The molecule has 0 unspecified atom stereocenters. The lowest BCUT2D eigenvalue weighted by Crippen LogP contribution is -2.52. The maximum absolute atomic E-state index is 11.2. The van der Waals surface area contributed by atoms with Crippen molar-refractivity contribution in [1.82, 2.24) is 0 Å². The van der Waals surface area contributed by atoms with Gasteiger partial charge in [-0.3, -0.25) is 10.1 Å². The van der Waals surface area contributed by atoms with Crippen molar-refractivity contribution in [2.24, 2.45) is 0 Å². The van der Waals surface area contributed by atoms with Crippen LogP contribution in [0.2, 0.25) is 0 Å². The van der Waals surface area contributed by atoms with Crippen LogP contribution >= 0.6 is 0 Å². The molecule has 0 aromatic heterocycles. The van der Waals surface area contributed by atoms with Gasteiger partial charge in [-0.25, -0.2) is 4.79 Å². The van der Waals surface area contributed by atoms with Crippen molar-refractivity contribution in [3.05, 3.63) is 33.9 Å². The van der Waals surface area contributed by atoms with E-state index in [0.29, 0.717) is 18.5 Å². The molecule has 1 aliphatic rings. The third-order valence-corrected chi connectivity index (χ3v) is 3.27. The Labute approximate surface area is 104 Å². The summed E-state index contributed by atoms with van der Waals surface area (Å²) in [5.74, 6) is -0.905. The molecule has 0 saturated heterocycles. The molecule has 18 heavy (non-hydrogen) atoms. The summed E-state index contributed by atoms with van der Waals surface area (Å²) >= 11 is 0. The second-order valence-corrected chi connectivity index (χ2v) is 4.68. The molecule has 2 N–H and O–H groups in total. The predicted molar refractivity (Wildman–Crippen MR) is 65.7 cm³/mol. The van der Waals surface area contributed by atoms with Gasteiger partial charge in [0.15, 0.2) is 0 Å². The molecule has 0 radical (unpaired) electrons. The number of carbonyl (C=O) groups is 1. The van der Waals surface area contributed by atoms with Gasteiger partial charge in [0, 0.05) is 17.8 Å². The SMILES string of the molecule is Cc1cc(NC2(C(=O)O)CCC2)cc([N+](=O)[O-])c1. The summed E-state index contributed by atoms with van der Waals surface area (Å²) in [6.45, 7) is 1.74. The molecule has 0 spiro atoms. The van der Waals surface area contributed by atoms with Gasteiger partial charge < -0.3 is 10.4 Å². The van der Waals surface area contributed by atoms with Crippen molar-refractivity contribution in [2.45, 2.75) is 31.7 Å².